The summed E-state index contributed by atoms with van der Waals surface area (Å²) in [5, 5.41) is 2.62. The first-order valence-corrected chi connectivity index (χ1v) is 12.6. The number of sulfonamides is 1. The normalized spacial score (nSPS) is 12.7. The summed E-state index contributed by atoms with van der Waals surface area (Å²) in [5.74, 6) is -2.07. The molecular weight excluding hydrogens is 490 g/mol. The van der Waals surface area contributed by atoms with Crippen LogP contribution in [0.15, 0.2) is 48.5 Å². The van der Waals surface area contributed by atoms with E-state index in [1.807, 2.05) is 6.92 Å². The van der Waals surface area contributed by atoms with E-state index in [0.29, 0.717) is 23.3 Å². The van der Waals surface area contributed by atoms with Gasteiger partial charge in [0.1, 0.15) is 18.4 Å². The van der Waals surface area contributed by atoms with Crippen LogP contribution >= 0.6 is 0 Å². The van der Waals surface area contributed by atoms with Crippen LogP contribution in [-0.2, 0) is 32.3 Å². The average molecular weight is 518 g/mol. The number of benzene rings is 2. The van der Waals surface area contributed by atoms with Crippen LogP contribution < -0.4 is 9.62 Å². The molecule has 0 aliphatic carbocycles. The van der Waals surface area contributed by atoms with Crippen molar-refractivity contribution in [3.8, 4) is 0 Å². The van der Waals surface area contributed by atoms with Gasteiger partial charge in [-0.25, -0.2) is 12.8 Å². The van der Waals surface area contributed by atoms with Gasteiger partial charge in [-0.1, -0.05) is 31.2 Å². The van der Waals surface area contributed by atoms with Crippen molar-refractivity contribution in [2.24, 2.45) is 0 Å². The molecule has 1 atom stereocenters. The summed E-state index contributed by atoms with van der Waals surface area (Å²) >= 11 is 0. The quantitative estimate of drug-likeness (QED) is 0.489. The largest absolute Gasteiger partial charge is 0.416 e. The number of hydrogen-bond acceptors (Lipinski definition) is 4. The Hall–Kier alpha value is -3.15. The van der Waals surface area contributed by atoms with Crippen molar-refractivity contribution in [3.05, 3.63) is 65.5 Å². The third kappa shape index (κ3) is 7.67. The predicted molar refractivity (Wildman–Crippen MR) is 123 cm³/mol. The second-order valence-electron chi connectivity index (χ2n) is 7.90. The first-order valence-electron chi connectivity index (χ1n) is 10.7. The molecule has 2 aromatic carbocycles. The number of carbonyl (C=O) groups excluding carboxylic acids is 2. The summed E-state index contributed by atoms with van der Waals surface area (Å²) in [6.45, 7) is 2.31. The van der Waals surface area contributed by atoms with Gasteiger partial charge in [-0.05, 0) is 37.6 Å². The fourth-order valence-electron chi connectivity index (χ4n) is 3.24. The number of hydrogen-bond donors (Lipinski definition) is 1. The standard InChI is InChI=1S/C23H27F4N3O4S/c1-4-12-28-22(32)16(2)29(14-17-8-5-6-11-20(17)24)21(31)15-30(35(3,33)34)19-10-7-9-18(13-19)23(25,26)27/h5-11,13,16H,4,12,14-15H2,1-3H3,(H,28,32). The smallest absolute Gasteiger partial charge is 0.354 e. The fourth-order valence-corrected chi connectivity index (χ4v) is 4.08. The maximum absolute atomic E-state index is 14.3. The first-order chi connectivity index (χ1) is 16.3. The van der Waals surface area contributed by atoms with E-state index in [0.717, 1.165) is 29.4 Å². The second-order valence-corrected chi connectivity index (χ2v) is 9.80. The van der Waals surface area contributed by atoms with Gasteiger partial charge < -0.3 is 10.2 Å². The maximum atomic E-state index is 14.3. The monoisotopic (exact) mass is 517 g/mol. The topological polar surface area (TPSA) is 86.8 Å². The molecule has 0 saturated heterocycles. The highest BCUT2D eigenvalue weighted by Crippen LogP contribution is 2.32. The molecule has 1 N–H and O–H groups in total. The molecule has 7 nitrogen and oxygen atoms in total. The van der Waals surface area contributed by atoms with Crippen LogP contribution in [0.5, 0.6) is 0 Å². The molecule has 0 heterocycles. The van der Waals surface area contributed by atoms with E-state index in [4.69, 9.17) is 0 Å². The lowest BCUT2D eigenvalue weighted by molar-refractivity contribution is -0.139. The van der Waals surface area contributed by atoms with Crippen molar-refractivity contribution in [3.63, 3.8) is 0 Å². The summed E-state index contributed by atoms with van der Waals surface area (Å²) < 4.78 is 79.2. The minimum absolute atomic E-state index is 0.0842. The Bertz CT molecular complexity index is 1160. The molecule has 0 radical (unpaired) electrons. The number of carbonyl (C=O) groups is 2. The number of nitrogens with one attached hydrogen (secondary N) is 1. The first kappa shape index (κ1) is 28.1. The van der Waals surface area contributed by atoms with Crippen molar-refractivity contribution < 1.29 is 35.6 Å². The van der Waals surface area contributed by atoms with E-state index in [1.165, 1.54) is 31.2 Å². The van der Waals surface area contributed by atoms with E-state index in [9.17, 15) is 35.6 Å². The molecular formula is C23H27F4N3O4S. The Kier molecular flexibility index (Phi) is 9.24. The SMILES string of the molecule is CCCNC(=O)C(C)N(Cc1ccccc1F)C(=O)CN(c1cccc(C(F)(F)F)c1)S(C)(=O)=O. The Morgan fingerprint density at radius 2 is 1.74 bits per heavy atom. The highest BCUT2D eigenvalue weighted by Gasteiger charge is 2.33. The van der Waals surface area contributed by atoms with Crippen LogP contribution in [0.2, 0.25) is 0 Å². The van der Waals surface area contributed by atoms with Gasteiger partial charge in [0.2, 0.25) is 21.8 Å². The Labute approximate surface area is 201 Å². The lowest BCUT2D eigenvalue weighted by Crippen LogP contribution is -2.51. The molecule has 2 amide bonds. The molecule has 0 saturated carbocycles. The molecule has 1 unspecified atom stereocenters. The molecule has 0 aromatic heterocycles. The lowest BCUT2D eigenvalue weighted by atomic mass is 10.1. The van der Waals surface area contributed by atoms with E-state index in [-0.39, 0.29) is 17.8 Å². The van der Waals surface area contributed by atoms with Crippen LogP contribution in [0.3, 0.4) is 0 Å². The average Bonchev–Trinajstić information content (AvgIpc) is 2.78. The van der Waals surface area contributed by atoms with Crippen LogP contribution in [0.4, 0.5) is 23.2 Å². The zero-order chi connectivity index (χ0) is 26.4. The molecule has 0 bridgehead atoms. The molecule has 2 aromatic rings. The van der Waals surface area contributed by atoms with Gasteiger partial charge in [0, 0.05) is 18.7 Å². The number of rotatable bonds is 10. The van der Waals surface area contributed by atoms with Gasteiger partial charge in [0.15, 0.2) is 0 Å². The highest BCUT2D eigenvalue weighted by atomic mass is 32.2. The zero-order valence-electron chi connectivity index (χ0n) is 19.5. The lowest BCUT2D eigenvalue weighted by Gasteiger charge is -2.31. The number of amides is 2. The minimum Gasteiger partial charge on any atom is -0.354 e. The number of alkyl halides is 3. The van der Waals surface area contributed by atoms with Crippen LogP contribution in [0.1, 0.15) is 31.4 Å². The van der Waals surface area contributed by atoms with E-state index < -0.39 is 52.0 Å². The van der Waals surface area contributed by atoms with Crippen LogP contribution in [0, 0.1) is 5.82 Å². The number of anilines is 1. The molecule has 0 aliphatic heterocycles. The third-order valence-electron chi connectivity index (χ3n) is 5.16. The van der Waals surface area contributed by atoms with Crippen molar-refractivity contribution >= 4 is 27.5 Å². The Morgan fingerprint density at radius 3 is 2.31 bits per heavy atom. The molecule has 12 heteroatoms. The molecule has 192 valence electrons. The van der Waals surface area contributed by atoms with Crippen molar-refractivity contribution in [2.45, 2.75) is 39.0 Å². The summed E-state index contributed by atoms with van der Waals surface area (Å²) in [6.07, 6.45) is -3.36. The van der Waals surface area contributed by atoms with Crippen molar-refractivity contribution in [1.29, 1.82) is 0 Å². The summed E-state index contributed by atoms with van der Waals surface area (Å²) in [5.41, 5.74) is -1.38. The van der Waals surface area contributed by atoms with Gasteiger partial charge in [-0.3, -0.25) is 13.9 Å². The van der Waals surface area contributed by atoms with Gasteiger partial charge in [0.25, 0.3) is 0 Å². The summed E-state index contributed by atoms with van der Waals surface area (Å²) in [4.78, 5) is 26.9. The highest BCUT2D eigenvalue weighted by molar-refractivity contribution is 7.92. The molecule has 0 fully saturated rings. The second kappa shape index (κ2) is 11.5. The van der Waals surface area contributed by atoms with Gasteiger partial charge in [-0.2, -0.15) is 13.2 Å². The summed E-state index contributed by atoms with van der Waals surface area (Å²) in [7, 11) is -4.21. The Balaban J connectivity index is 2.44. The number of nitrogens with zero attached hydrogens (tertiary/aromatic N) is 2. The van der Waals surface area contributed by atoms with E-state index >= 15 is 0 Å². The van der Waals surface area contributed by atoms with E-state index in [1.54, 1.807) is 0 Å². The van der Waals surface area contributed by atoms with Crippen molar-refractivity contribution in [2.75, 3.05) is 23.7 Å². The van der Waals surface area contributed by atoms with Crippen LogP contribution in [-0.4, -0.2) is 50.5 Å². The minimum atomic E-state index is -4.73. The molecule has 2 rings (SSSR count). The van der Waals surface area contributed by atoms with E-state index in [2.05, 4.69) is 5.32 Å². The van der Waals surface area contributed by atoms with Gasteiger partial charge in [-0.15, -0.1) is 0 Å². The number of halogens is 4. The molecule has 35 heavy (non-hydrogen) atoms. The summed E-state index contributed by atoms with van der Waals surface area (Å²) in [6, 6.07) is 8.00. The molecule has 0 spiro atoms. The zero-order valence-corrected chi connectivity index (χ0v) is 20.3. The maximum Gasteiger partial charge on any atom is 0.416 e. The molecule has 0 aliphatic rings. The fraction of sp³-hybridized carbons (Fsp3) is 0.391. The Morgan fingerprint density at radius 1 is 1.09 bits per heavy atom. The predicted octanol–water partition coefficient (Wildman–Crippen LogP) is 3.55. The third-order valence-corrected chi connectivity index (χ3v) is 6.30. The van der Waals surface area contributed by atoms with Crippen LogP contribution in [0.25, 0.3) is 0 Å². The van der Waals surface area contributed by atoms with Gasteiger partial charge >= 0.3 is 6.18 Å². The van der Waals surface area contributed by atoms with Crippen molar-refractivity contribution in [1.82, 2.24) is 10.2 Å². The van der Waals surface area contributed by atoms with Gasteiger partial charge in [0.05, 0.1) is 17.5 Å².